The van der Waals surface area contributed by atoms with Crippen LogP contribution in [0.1, 0.15) is 24.6 Å². The summed E-state index contributed by atoms with van der Waals surface area (Å²) in [4.78, 5) is 18.7. The van der Waals surface area contributed by atoms with Crippen molar-refractivity contribution in [1.82, 2.24) is 4.98 Å². The van der Waals surface area contributed by atoms with E-state index in [1.807, 2.05) is 6.07 Å². The van der Waals surface area contributed by atoms with Gasteiger partial charge < -0.3 is 14.4 Å². The number of benzene rings is 1. The molecule has 0 N–H and O–H groups in total. The molecule has 1 saturated heterocycles. The highest BCUT2D eigenvalue weighted by Crippen LogP contribution is 2.33. The van der Waals surface area contributed by atoms with Crippen molar-refractivity contribution in [3.8, 4) is 0 Å². The van der Waals surface area contributed by atoms with Crippen LogP contribution in [-0.2, 0) is 20.7 Å². The molecule has 2 heterocycles. The molecule has 0 radical (unpaired) electrons. The largest absolute Gasteiger partial charge is 0.469 e. The predicted octanol–water partition coefficient (Wildman–Crippen LogP) is 2.87. The van der Waals surface area contributed by atoms with E-state index in [1.54, 1.807) is 0 Å². The summed E-state index contributed by atoms with van der Waals surface area (Å²) in [5, 5.41) is 1.17. The van der Waals surface area contributed by atoms with Gasteiger partial charge in [0, 0.05) is 24.2 Å². The second-order valence-electron chi connectivity index (χ2n) is 6.11. The molecule has 24 heavy (non-hydrogen) atoms. The van der Waals surface area contributed by atoms with E-state index in [4.69, 9.17) is 14.5 Å². The van der Waals surface area contributed by atoms with Crippen LogP contribution in [0.2, 0.25) is 0 Å². The van der Waals surface area contributed by atoms with Gasteiger partial charge in [-0.25, -0.2) is 0 Å². The van der Waals surface area contributed by atoms with Crippen molar-refractivity contribution < 1.29 is 14.3 Å². The molecule has 0 spiro atoms. The van der Waals surface area contributed by atoms with Gasteiger partial charge in [0.2, 0.25) is 0 Å². The van der Waals surface area contributed by atoms with Crippen molar-refractivity contribution in [1.29, 1.82) is 0 Å². The van der Waals surface area contributed by atoms with Gasteiger partial charge in [0.15, 0.2) is 0 Å². The molecule has 5 nitrogen and oxygen atoms in total. The minimum Gasteiger partial charge on any atom is -0.469 e. The number of aromatic nitrogens is 1. The molecule has 0 aliphatic carbocycles. The molecule has 1 aliphatic rings. The van der Waals surface area contributed by atoms with E-state index in [2.05, 4.69) is 36.9 Å². The molecule has 1 aromatic heterocycles. The number of hydrogen-bond donors (Lipinski definition) is 0. The number of aryl methyl sites for hydroxylation is 1. The normalized spacial score (nSPS) is 18.0. The Bertz CT molecular complexity index is 745. The smallest absolute Gasteiger partial charge is 0.308 e. The summed E-state index contributed by atoms with van der Waals surface area (Å²) < 4.78 is 10.5. The lowest BCUT2D eigenvalue weighted by Crippen LogP contribution is -2.44. The van der Waals surface area contributed by atoms with Crippen LogP contribution in [0, 0.1) is 6.92 Å². The van der Waals surface area contributed by atoms with Crippen LogP contribution in [0.4, 0.5) is 5.69 Å². The predicted molar refractivity (Wildman–Crippen MR) is 94.4 cm³/mol. The number of rotatable bonds is 4. The third-order valence-corrected chi connectivity index (χ3v) is 4.60. The van der Waals surface area contributed by atoms with Crippen LogP contribution in [0.15, 0.2) is 24.3 Å². The summed E-state index contributed by atoms with van der Waals surface area (Å²) in [6.45, 7) is 6.35. The molecule has 1 fully saturated rings. The number of nitrogens with zero attached hydrogens (tertiary/aromatic N) is 2. The lowest BCUT2D eigenvalue weighted by Gasteiger charge is -2.36. The highest BCUT2D eigenvalue weighted by Gasteiger charge is 2.26. The molecule has 1 atom stereocenters. The number of para-hydroxylation sites is 1. The van der Waals surface area contributed by atoms with Gasteiger partial charge in [-0.05, 0) is 25.0 Å². The SMILES string of the molecule is CCc1c(C)nc2ccccc2c1N1CCOC(CC(=O)OC)C1. The molecular formula is C19H24N2O3. The maximum Gasteiger partial charge on any atom is 0.308 e. The third-order valence-electron chi connectivity index (χ3n) is 4.60. The van der Waals surface area contributed by atoms with Gasteiger partial charge in [-0.2, -0.15) is 0 Å². The van der Waals surface area contributed by atoms with Crippen LogP contribution in [-0.4, -0.2) is 43.9 Å². The zero-order valence-corrected chi connectivity index (χ0v) is 14.5. The van der Waals surface area contributed by atoms with E-state index >= 15 is 0 Å². The first-order valence-corrected chi connectivity index (χ1v) is 8.45. The van der Waals surface area contributed by atoms with Crippen LogP contribution >= 0.6 is 0 Å². The number of hydrogen-bond acceptors (Lipinski definition) is 5. The quantitative estimate of drug-likeness (QED) is 0.808. The fraction of sp³-hybridized carbons (Fsp3) is 0.474. The summed E-state index contributed by atoms with van der Waals surface area (Å²) in [5.41, 5.74) is 4.59. The standard InChI is InChI=1S/C19H24N2O3/c1-4-15-13(2)20-17-8-6-5-7-16(17)19(15)21-9-10-24-14(12-21)11-18(22)23-3/h5-8,14H,4,9-12H2,1-3H3. The molecule has 1 aliphatic heterocycles. The zero-order valence-electron chi connectivity index (χ0n) is 14.5. The lowest BCUT2D eigenvalue weighted by molar-refractivity contribution is -0.144. The van der Waals surface area contributed by atoms with Crippen LogP contribution in [0.5, 0.6) is 0 Å². The van der Waals surface area contributed by atoms with Crippen LogP contribution in [0.3, 0.4) is 0 Å². The molecule has 0 saturated carbocycles. The van der Waals surface area contributed by atoms with Crippen LogP contribution in [0.25, 0.3) is 10.9 Å². The van der Waals surface area contributed by atoms with Gasteiger partial charge in [0.1, 0.15) is 0 Å². The van der Waals surface area contributed by atoms with Crippen molar-refractivity contribution in [2.45, 2.75) is 32.8 Å². The Hall–Kier alpha value is -2.14. The third kappa shape index (κ3) is 3.22. The number of esters is 1. The Morgan fingerprint density at radius 1 is 1.42 bits per heavy atom. The Balaban J connectivity index is 1.99. The maximum atomic E-state index is 11.6. The first-order valence-electron chi connectivity index (χ1n) is 8.45. The van der Waals surface area contributed by atoms with Gasteiger partial charge in [0.25, 0.3) is 0 Å². The average molecular weight is 328 g/mol. The summed E-state index contributed by atoms with van der Waals surface area (Å²) in [7, 11) is 1.41. The Morgan fingerprint density at radius 2 is 2.21 bits per heavy atom. The topological polar surface area (TPSA) is 51.7 Å². The molecule has 2 aromatic rings. The first-order chi connectivity index (χ1) is 11.6. The lowest BCUT2D eigenvalue weighted by atomic mass is 10.0. The molecule has 3 rings (SSSR count). The summed E-state index contributed by atoms with van der Waals surface area (Å²) in [6.07, 6.45) is 1.08. The highest BCUT2D eigenvalue weighted by molar-refractivity contribution is 5.94. The van der Waals surface area contributed by atoms with Gasteiger partial charge >= 0.3 is 5.97 Å². The number of morpholine rings is 1. The van der Waals surface area contributed by atoms with Crippen molar-refractivity contribution in [2.75, 3.05) is 31.7 Å². The van der Waals surface area contributed by atoms with E-state index in [9.17, 15) is 4.79 Å². The van der Waals surface area contributed by atoms with Crippen molar-refractivity contribution in [3.63, 3.8) is 0 Å². The summed E-state index contributed by atoms with van der Waals surface area (Å²) in [5.74, 6) is -0.228. The number of ether oxygens (including phenoxy) is 2. The second-order valence-corrected chi connectivity index (χ2v) is 6.11. The molecule has 5 heteroatoms. The van der Waals surface area contributed by atoms with E-state index in [1.165, 1.54) is 23.7 Å². The monoisotopic (exact) mass is 328 g/mol. The Labute approximate surface area is 142 Å². The Morgan fingerprint density at radius 3 is 2.96 bits per heavy atom. The minimum atomic E-state index is -0.228. The van der Waals surface area contributed by atoms with Crippen molar-refractivity contribution in [2.24, 2.45) is 0 Å². The van der Waals surface area contributed by atoms with Gasteiger partial charge in [-0.3, -0.25) is 9.78 Å². The highest BCUT2D eigenvalue weighted by atomic mass is 16.5. The number of carbonyl (C=O) groups excluding carboxylic acids is 1. The van der Waals surface area contributed by atoms with E-state index in [0.29, 0.717) is 13.2 Å². The molecule has 0 amide bonds. The fourth-order valence-corrected chi connectivity index (χ4v) is 3.45. The number of methoxy groups -OCH3 is 1. The van der Waals surface area contributed by atoms with Gasteiger partial charge in [-0.1, -0.05) is 25.1 Å². The average Bonchev–Trinajstić information content (AvgIpc) is 2.60. The molecule has 1 unspecified atom stereocenters. The minimum absolute atomic E-state index is 0.136. The molecular weight excluding hydrogens is 304 g/mol. The summed E-state index contributed by atoms with van der Waals surface area (Å²) in [6, 6.07) is 8.25. The number of pyridine rings is 1. The Kier molecular flexibility index (Phi) is 5.00. The number of fused-ring (bicyclic) bond motifs is 1. The van der Waals surface area contributed by atoms with Crippen molar-refractivity contribution in [3.05, 3.63) is 35.5 Å². The van der Waals surface area contributed by atoms with Gasteiger partial charge in [0.05, 0.1) is 37.4 Å². The number of carbonyl (C=O) groups is 1. The van der Waals surface area contributed by atoms with E-state index < -0.39 is 0 Å². The zero-order chi connectivity index (χ0) is 17.1. The first kappa shape index (κ1) is 16.7. The molecule has 1 aromatic carbocycles. The molecule has 0 bridgehead atoms. The fourth-order valence-electron chi connectivity index (χ4n) is 3.45. The summed E-state index contributed by atoms with van der Waals surface area (Å²) >= 11 is 0. The van der Waals surface area contributed by atoms with Gasteiger partial charge in [-0.15, -0.1) is 0 Å². The number of anilines is 1. The maximum absolute atomic E-state index is 11.6. The second kappa shape index (κ2) is 7.18. The van der Waals surface area contributed by atoms with E-state index in [-0.39, 0.29) is 18.5 Å². The van der Waals surface area contributed by atoms with Crippen LogP contribution < -0.4 is 4.90 Å². The van der Waals surface area contributed by atoms with E-state index in [0.717, 1.165) is 24.2 Å². The van der Waals surface area contributed by atoms with Crippen molar-refractivity contribution >= 4 is 22.6 Å². The molecule has 128 valence electrons.